The van der Waals surface area contributed by atoms with Crippen LogP contribution in [0.5, 0.6) is 5.75 Å². The Morgan fingerprint density at radius 2 is 2.10 bits per heavy atom. The lowest BCUT2D eigenvalue weighted by atomic mass is 10.0. The van der Waals surface area contributed by atoms with Gasteiger partial charge in [0.15, 0.2) is 0 Å². The number of carbonyl (C=O) groups is 1. The van der Waals surface area contributed by atoms with Crippen LogP contribution in [-0.2, 0) is 6.42 Å². The summed E-state index contributed by atoms with van der Waals surface area (Å²) in [6, 6.07) is 7.01. The van der Waals surface area contributed by atoms with Gasteiger partial charge in [-0.15, -0.1) is 0 Å². The van der Waals surface area contributed by atoms with Crippen LogP contribution in [0.1, 0.15) is 19.5 Å². The number of pyridine rings is 1. The maximum absolute atomic E-state index is 11.9. The number of H-pyrrole nitrogens is 1. The molecule has 4 N–H and O–H groups in total. The molecule has 3 heterocycles. The molecule has 0 atom stereocenters. The predicted octanol–water partition coefficient (Wildman–Crippen LogP) is 3.22. The molecule has 4 rings (SSSR count). The Bertz CT molecular complexity index is 1170. The van der Waals surface area contributed by atoms with Gasteiger partial charge in [0.2, 0.25) is 5.95 Å². The molecule has 9 nitrogen and oxygen atoms in total. The fraction of sp³-hybridized carbons (Fsp3) is 0.200. The Kier molecular flexibility index (Phi) is 4.86. The van der Waals surface area contributed by atoms with Gasteiger partial charge in [-0.3, -0.25) is 10.3 Å². The Morgan fingerprint density at radius 1 is 1.24 bits per heavy atom. The van der Waals surface area contributed by atoms with E-state index in [2.05, 4.69) is 30.7 Å². The lowest BCUT2D eigenvalue weighted by molar-refractivity contribution is 0.252. The number of aryl methyl sites for hydroxylation is 1. The van der Waals surface area contributed by atoms with E-state index in [4.69, 9.17) is 0 Å². The van der Waals surface area contributed by atoms with E-state index >= 15 is 0 Å². The summed E-state index contributed by atoms with van der Waals surface area (Å²) in [5.41, 5.74) is 4.37. The van der Waals surface area contributed by atoms with Crippen molar-refractivity contribution in [2.24, 2.45) is 0 Å². The molecule has 2 amide bonds. The zero-order chi connectivity index (χ0) is 20.4. The van der Waals surface area contributed by atoms with Gasteiger partial charge in [-0.05, 0) is 43.2 Å². The fourth-order valence-corrected chi connectivity index (χ4v) is 3.14. The molecule has 0 aliphatic carbocycles. The SMILES string of the molecule is CCNC(=O)Nc1nc2c(-n3cccn3)cc(-c3cnc(CC)c(O)c3)cc2[nH]1. The van der Waals surface area contributed by atoms with Gasteiger partial charge in [0.1, 0.15) is 11.3 Å². The normalized spacial score (nSPS) is 11.0. The number of aromatic hydroxyl groups is 1. The second-order valence-corrected chi connectivity index (χ2v) is 6.46. The molecule has 29 heavy (non-hydrogen) atoms. The van der Waals surface area contributed by atoms with Crippen LogP contribution >= 0.6 is 0 Å². The Labute approximate surface area is 166 Å². The number of nitrogens with zero attached hydrogens (tertiary/aromatic N) is 4. The van der Waals surface area contributed by atoms with Gasteiger partial charge in [-0.1, -0.05) is 6.92 Å². The van der Waals surface area contributed by atoms with E-state index in [9.17, 15) is 9.90 Å². The van der Waals surface area contributed by atoms with Crippen molar-refractivity contribution >= 4 is 23.0 Å². The van der Waals surface area contributed by atoms with Crippen LogP contribution in [0.25, 0.3) is 27.8 Å². The first-order chi connectivity index (χ1) is 14.1. The lowest BCUT2D eigenvalue weighted by Crippen LogP contribution is -2.28. The molecule has 1 aromatic carbocycles. The summed E-state index contributed by atoms with van der Waals surface area (Å²) in [5, 5.41) is 19.9. The molecule has 0 bridgehead atoms. The van der Waals surface area contributed by atoms with Gasteiger partial charge in [0.25, 0.3) is 0 Å². The first-order valence-corrected chi connectivity index (χ1v) is 9.36. The van der Waals surface area contributed by atoms with Crippen molar-refractivity contribution < 1.29 is 9.90 Å². The van der Waals surface area contributed by atoms with Crippen LogP contribution in [0.4, 0.5) is 10.7 Å². The largest absolute Gasteiger partial charge is 0.506 e. The average Bonchev–Trinajstić information content (AvgIpc) is 3.36. The van der Waals surface area contributed by atoms with E-state index < -0.39 is 0 Å². The number of hydrogen-bond donors (Lipinski definition) is 4. The molecule has 0 unspecified atom stereocenters. The van der Waals surface area contributed by atoms with Gasteiger partial charge in [-0.2, -0.15) is 5.10 Å². The van der Waals surface area contributed by atoms with Gasteiger partial charge < -0.3 is 15.4 Å². The summed E-state index contributed by atoms with van der Waals surface area (Å²) in [6.07, 6.45) is 5.89. The molecular formula is C20H21N7O2. The fourth-order valence-electron chi connectivity index (χ4n) is 3.14. The first kappa shape index (κ1) is 18.5. The summed E-state index contributed by atoms with van der Waals surface area (Å²) in [6.45, 7) is 4.30. The monoisotopic (exact) mass is 391 g/mol. The topological polar surface area (TPSA) is 121 Å². The number of benzene rings is 1. The van der Waals surface area contributed by atoms with E-state index in [1.165, 1.54) is 0 Å². The summed E-state index contributed by atoms with van der Waals surface area (Å²) in [7, 11) is 0. The van der Waals surface area contributed by atoms with E-state index in [1.54, 1.807) is 23.1 Å². The van der Waals surface area contributed by atoms with Crippen molar-refractivity contribution in [3.63, 3.8) is 0 Å². The summed E-state index contributed by atoms with van der Waals surface area (Å²) >= 11 is 0. The van der Waals surface area contributed by atoms with Gasteiger partial charge in [-0.25, -0.2) is 14.5 Å². The van der Waals surface area contributed by atoms with Crippen LogP contribution in [-0.4, -0.2) is 42.4 Å². The molecule has 0 saturated carbocycles. The zero-order valence-corrected chi connectivity index (χ0v) is 16.1. The first-order valence-electron chi connectivity index (χ1n) is 9.36. The van der Waals surface area contributed by atoms with Gasteiger partial charge in [0, 0.05) is 30.7 Å². The van der Waals surface area contributed by atoms with E-state index in [-0.39, 0.29) is 11.8 Å². The number of amides is 2. The number of rotatable bonds is 5. The number of carbonyl (C=O) groups excluding carboxylic acids is 1. The maximum Gasteiger partial charge on any atom is 0.321 e. The van der Waals surface area contributed by atoms with E-state index in [0.717, 1.165) is 22.3 Å². The molecule has 148 valence electrons. The smallest absolute Gasteiger partial charge is 0.321 e. The molecule has 4 aromatic rings. The van der Waals surface area contributed by atoms with Gasteiger partial charge in [0.05, 0.1) is 16.9 Å². The van der Waals surface area contributed by atoms with Crippen LogP contribution in [0.2, 0.25) is 0 Å². The number of urea groups is 1. The number of aromatic nitrogens is 5. The zero-order valence-electron chi connectivity index (χ0n) is 16.1. The Balaban J connectivity index is 1.84. The third-order valence-corrected chi connectivity index (χ3v) is 4.50. The molecule has 0 fully saturated rings. The van der Waals surface area contributed by atoms with Crippen molar-refractivity contribution in [3.8, 4) is 22.6 Å². The minimum atomic E-state index is -0.336. The lowest BCUT2D eigenvalue weighted by Gasteiger charge is -2.09. The number of nitrogens with one attached hydrogen (secondary N) is 3. The number of fused-ring (bicyclic) bond motifs is 1. The molecule has 0 radical (unpaired) electrons. The Morgan fingerprint density at radius 3 is 2.79 bits per heavy atom. The van der Waals surface area contributed by atoms with Crippen LogP contribution < -0.4 is 10.6 Å². The average molecular weight is 391 g/mol. The molecule has 3 aromatic heterocycles. The molecule has 0 aliphatic heterocycles. The number of hydrogen-bond acceptors (Lipinski definition) is 5. The van der Waals surface area contributed by atoms with Crippen molar-refractivity contribution in [3.05, 3.63) is 48.5 Å². The third kappa shape index (κ3) is 3.62. The van der Waals surface area contributed by atoms with Crippen molar-refractivity contribution in [1.29, 1.82) is 0 Å². The minimum Gasteiger partial charge on any atom is -0.506 e. The molecule has 0 saturated heterocycles. The second kappa shape index (κ2) is 7.63. The number of imidazole rings is 1. The number of anilines is 1. The van der Waals surface area contributed by atoms with E-state index in [1.807, 2.05) is 38.2 Å². The standard InChI is InChI=1S/C20H21N7O2/c1-3-14-17(28)10-13(11-22-14)12-8-15-18(16(9-12)27-7-5-6-23-27)25-19(24-15)26-20(29)21-4-2/h5-11,28H,3-4H2,1-2H3,(H3,21,24,25,26,29). The number of aromatic amines is 1. The van der Waals surface area contributed by atoms with Crippen LogP contribution in [0.3, 0.4) is 0 Å². The summed E-state index contributed by atoms with van der Waals surface area (Å²) in [4.78, 5) is 23.8. The van der Waals surface area contributed by atoms with Crippen molar-refractivity contribution in [1.82, 2.24) is 30.0 Å². The highest BCUT2D eigenvalue weighted by Crippen LogP contribution is 2.31. The molecule has 0 aliphatic rings. The van der Waals surface area contributed by atoms with Crippen molar-refractivity contribution in [2.75, 3.05) is 11.9 Å². The van der Waals surface area contributed by atoms with Crippen LogP contribution in [0.15, 0.2) is 42.9 Å². The van der Waals surface area contributed by atoms with Crippen LogP contribution in [0, 0.1) is 0 Å². The van der Waals surface area contributed by atoms with E-state index in [0.29, 0.717) is 30.1 Å². The van der Waals surface area contributed by atoms with Gasteiger partial charge >= 0.3 is 6.03 Å². The minimum absolute atomic E-state index is 0.161. The maximum atomic E-state index is 11.9. The summed E-state index contributed by atoms with van der Waals surface area (Å²) < 4.78 is 1.70. The highest BCUT2D eigenvalue weighted by molar-refractivity contribution is 5.94. The highest BCUT2D eigenvalue weighted by atomic mass is 16.3. The quantitative estimate of drug-likeness (QED) is 0.416. The molecule has 0 spiro atoms. The molecule has 9 heteroatoms. The van der Waals surface area contributed by atoms with Crippen molar-refractivity contribution in [2.45, 2.75) is 20.3 Å². The Hall–Kier alpha value is -3.88. The third-order valence-electron chi connectivity index (χ3n) is 4.50. The highest BCUT2D eigenvalue weighted by Gasteiger charge is 2.15. The predicted molar refractivity (Wildman–Crippen MR) is 110 cm³/mol. The summed E-state index contributed by atoms with van der Waals surface area (Å²) in [5.74, 6) is 0.493. The second-order valence-electron chi connectivity index (χ2n) is 6.46. The molecular weight excluding hydrogens is 370 g/mol.